The van der Waals surface area contributed by atoms with E-state index in [4.69, 9.17) is 14.7 Å². The Morgan fingerprint density at radius 1 is 1.18 bits per heavy atom. The fourth-order valence-electron chi connectivity index (χ4n) is 4.41. The van der Waals surface area contributed by atoms with Crippen molar-refractivity contribution in [3.05, 3.63) is 59.6 Å². The predicted molar refractivity (Wildman–Crippen MR) is 123 cm³/mol. The zero-order chi connectivity index (χ0) is 24.2. The molecule has 0 saturated heterocycles. The number of amides is 1. The molecular weight excluding hydrogens is 442 g/mol. The molecule has 0 unspecified atom stereocenters. The number of benzene rings is 1. The van der Waals surface area contributed by atoms with Gasteiger partial charge in [-0.15, -0.1) is 0 Å². The fraction of sp³-hybridized carbons (Fsp3) is 0.333. The molecular formula is C24H24F2N6O2. The predicted octanol–water partition coefficient (Wildman–Crippen LogP) is 3.71. The van der Waals surface area contributed by atoms with Gasteiger partial charge < -0.3 is 9.30 Å². The number of ether oxygens (including phenoxy) is 1. The van der Waals surface area contributed by atoms with Crippen LogP contribution in [0.1, 0.15) is 36.8 Å². The van der Waals surface area contributed by atoms with Crippen LogP contribution in [0.3, 0.4) is 0 Å². The van der Waals surface area contributed by atoms with Crippen molar-refractivity contribution in [1.82, 2.24) is 19.4 Å². The molecule has 34 heavy (non-hydrogen) atoms. The summed E-state index contributed by atoms with van der Waals surface area (Å²) in [6.45, 7) is 6.84. The number of hydrogen-bond acceptors (Lipinski definition) is 6. The SMILES string of the molecule is CCN1C(=O)c2nc(-c3cncc(OC)c3)n(Cc3ccc(F)cc3F)c2N2CC(C)(C)N=C12. The van der Waals surface area contributed by atoms with Crippen LogP contribution >= 0.6 is 0 Å². The first kappa shape index (κ1) is 22.0. The fourth-order valence-corrected chi connectivity index (χ4v) is 4.41. The van der Waals surface area contributed by atoms with Crippen LogP contribution in [0.4, 0.5) is 14.6 Å². The number of fused-ring (bicyclic) bond motifs is 3. The molecule has 8 nitrogen and oxygen atoms in total. The molecule has 176 valence electrons. The van der Waals surface area contributed by atoms with Crippen LogP contribution in [-0.4, -0.2) is 57.0 Å². The standard InChI is InChI=1S/C24H24F2N6O2/c1-5-30-22(33)19-21(32-13-24(2,3)29-23(30)32)31(12-14-6-7-16(25)9-18(14)26)20(28-19)15-8-17(34-4)11-27-10-15/h6-11H,5,12-13H2,1-4H3. The van der Waals surface area contributed by atoms with Crippen molar-refractivity contribution in [2.24, 2.45) is 4.99 Å². The highest BCUT2D eigenvalue weighted by molar-refractivity contribution is 6.18. The summed E-state index contributed by atoms with van der Waals surface area (Å²) in [4.78, 5) is 30.7. The third-order valence-electron chi connectivity index (χ3n) is 5.94. The number of pyridine rings is 1. The third kappa shape index (κ3) is 3.49. The largest absolute Gasteiger partial charge is 0.495 e. The van der Waals surface area contributed by atoms with Gasteiger partial charge in [-0.2, -0.15) is 0 Å². The molecule has 5 rings (SSSR count). The molecule has 0 fully saturated rings. The van der Waals surface area contributed by atoms with E-state index >= 15 is 0 Å². The van der Waals surface area contributed by atoms with E-state index in [0.29, 0.717) is 42.0 Å². The summed E-state index contributed by atoms with van der Waals surface area (Å²) in [5.41, 5.74) is 0.683. The van der Waals surface area contributed by atoms with Gasteiger partial charge in [0.05, 0.1) is 31.9 Å². The number of methoxy groups -OCH3 is 1. The number of carbonyl (C=O) groups is 1. The van der Waals surface area contributed by atoms with Gasteiger partial charge in [0.25, 0.3) is 5.91 Å². The number of imidazole rings is 1. The minimum absolute atomic E-state index is 0.0323. The van der Waals surface area contributed by atoms with Gasteiger partial charge in [-0.3, -0.25) is 19.6 Å². The highest BCUT2D eigenvalue weighted by atomic mass is 19.1. The minimum Gasteiger partial charge on any atom is -0.495 e. The molecule has 0 spiro atoms. The summed E-state index contributed by atoms with van der Waals surface area (Å²) in [7, 11) is 1.53. The van der Waals surface area contributed by atoms with Gasteiger partial charge in [0.1, 0.15) is 29.0 Å². The molecule has 1 aromatic carbocycles. The molecule has 2 aromatic heterocycles. The number of aromatic nitrogens is 3. The minimum atomic E-state index is -0.676. The Morgan fingerprint density at radius 3 is 2.68 bits per heavy atom. The summed E-state index contributed by atoms with van der Waals surface area (Å²) in [6.07, 6.45) is 3.17. The van der Waals surface area contributed by atoms with Gasteiger partial charge >= 0.3 is 0 Å². The number of aliphatic imine (C=N–C) groups is 1. The topological polar surface area (TPSA) is 75.9 Å². The molecule has 0 atom stereocenters. The Balaban J connectivity index is 1.75. The van der Waals surface area contributed by atoms with Crippen LogP contribution in [-0.2, 0) is 6.54 Å². The van der Waals surface area contributed by atoms with Crippen LogP contribution < -0.4 is 9.64 Å². The Hall–Kier alpha value is -3.82. The maximum atomic E-state index is 14.7. The van der Waals surface area contributed by atoms with E-state index < -0.39 is 17.2 Å². The molecule has 0 aliphatic carbocycles. The van der Waals surface area contributed by atoms with Crippen molar-refractivity contribution in [2.75, 3.05) is 25.1 Å². The molecule has 1 amide bonds. The monoisotopic (exact) mass is 466 g/mol. The molecule has 0 N–H and O–H groups in total. The zero-order valence-corrected chi connectivity index (χ0v) is 19.3. The number of nitrogens with zero attached hydrogens (tertiary/aromatic N) is 6. The molecule has 2 aliphatic heterocycles. The van der Waals surface area contributed by atoms with Gasteiger partial charge in [-0.25, -0.2) is 18.8 Å². The van der Waals surface area contributed by atoms with E-state index in [-0.39, 0.29) is 23.7 Å². The lowest BCUT2D eigenvalue weighted by molar-refractivity contribution is 0.0841. The number of carbonyl (C=O) groups excluding carboxylic acids is 1. The molecule has 4 heterocycles. The van der Waals surface area contributed by atoms with Crippen LogP contribution in [0, 0.1) is 11.6 Å². The summed E-state index contributed by atoms with van der Waals surface area (Å²) >= 11 is 0. The van der Waals surface area contributed by atoms with Crippen LogP contribution in [0.15, 0.2) is 41.7 Å². The first-order valence-corrected chi connectivity index (χ1v) is 11.0. The van der Waals surface area contributed by atoms with Crippen molar-refractivity contribution in [3.8, 4) is 17.1 Å². The second-order valence-electron chi connectivity index (χ2n) is 8.90. The average Bonchev–Trinajstić information content (AvgIpc) is 3.33. The summed E-state index contributed by atoms with van der Waals surface area (Å²) < 4.78 is 35.3. The molecule has 0 saturated carbocycles. The lowest BCUT2D eigenvalue weighted by Crippen LogP contribution is -2.51. The average molecular weight is 466 g/mol. The van der Waals surface area contributed by atoms with Crippen LogP contribution in [0.5, 0.6) is 5.75 Å². The van der Waals surface area contributed by atoms with E-state index in [2.05, 4.69) is 4.98 Å². The molecule has 0 bridgehead atoms. The van der Waals surface area contributed by atoms with Gasteiger partial charge in [0, 0.05) is 29.9 Å². The number of halogens is 2. The third-order valence-corrected chi connectivity index (χ3v) is 5.94. The Bertz CT molecular complexity index is 1330. The van der Waals surface area contributed by atoms with Crippen molar-refractivity contribution in [2.45, 2.75) is 32.9 Å². The molecule has 10 heteroatoms. The molecule has 2 aliphatic rings. The van der Waals surface area contributed by atoms with E-state index in [0.717, 1.165) is 6.07 Å². The van der Waals surface area contributed by atoms with Gasteiger partial charge in [-0.05, 0) is 32.9 Å². The van der Waals surface area contributed by atoms with Gasteiger partial charge in [0.15, 0.2) is 5.69 Å². The lowest BCUT2D eigenvalue weighted by Gasteiger charge is -2.34. The van der Waals surface area contributed by atoms with Crippen molar-refractivity contribution >= 4 is 17.7 Å². The quantitative estimate of drug-likeness (QED) is 0.573. The van der Waals surface area contributed by atoms with Gasteiger partial charge in [0.2, 0.25) is 5.96 Å². The smallest absolute Gasteiger partial charge is 0.283 e. The molecule has 0 radical (unpaired) electrons. The van der Waals surface area contributed by atoms with Crippen LogP contribution in [0.2, 0.25) is 0 Å². The van der Waals surface area contributed by atoms with E-state index in [1.54, 1.807) is 27.9 Å². The summed E-state index contributed by atoms with van der Waals surface area (Å²) in [5.74, 6) is 0.405. The van der Waals surface area contributed by atoms with E-state index in [1.165, 1.54) is 19.2 Å². The van der Waals surface area contributed by atoms with Crippen molar-refractivity contribution in [1.29, 1.82) is 0 Å². The Kier molecular flexibility index (Phi) is 5.11. The second kappa shape index (κ2) is 7.89. The maximum absolute atomic E-state index is 14.7. The van der Waals surface area contributed by atoms with Crippen LogP contribution in [0.25, 0.3) is 11.4 Å². The number of guanidine groups is 1. The number of rotatable bonds is 5. The van der Waals surface area contributed by atoms with E-state index in [1.807, 2.05) is 25.7 Å². The zero-order valence-electron chi connectivity index (χ0n) is 19.3. The van der Waals surface area contributed by atoms with E-state index in [9.17, 15) is 13.6 Å². The van der Waals surface area contributed by atoms with Gasteiger partial charge in [-0.1, -0.05) is 6.07 Å². The number of anilines is 1. The summed E-state index contributed by atoms with van der Waals surface area (Å²) in [6, 6.07) is 5.21. The normalized spacial score (nSPS) is 16.4. The lowest BCUT2D eigenvalue weighted by atomic mass is 10.1. The Labute approximate surface area is 195 Å². The highest BCUT2D eigenvalue weighted by Crippen LogP contribution is 2.39. The second-order valence-corrected chi connectivity index (χ2v) is 8.90. The first-order chi connectivity index (χ1) is 16.2. The van der Waals surface area contributed by atoms with Crippen molar-refractivity contribution < 1.29 is 18.3 Å². The first-order valence-electron chi connectivity index (χ1n) is 11.0. The molecule has 3 aromatic rings. The highest BCUT2D eigenvalue weighted by Gasteiger charge is 2.45. The Morgan fingerprint density at radius 2 is 1.97 bits per heavy atom. The van der Waals surface area contributed by atoms with Crippen molar-refractivity contribution in [3.63, 3.8) is 0 Å². The summed E-state index contributed by atoms with van der Waals surface area (Å²) in [5, 5.41) is 0. The number of hydrogen-bond donors (Lipinski definition) is 0. The maximum Gasteiger partial charge on any atom is 0.283 e.